The average Bonchev–Trinajstić information content (AvgIpc) is 3.18. The fourth-order valence-electron chi connectivity index (χ4n) is 3.39. The molecule has 1 aromatic carbocycles. The summed E-state index contributed by atoms with van der Waals surface area (Å²) in [5, 5.41) is 15.5. The zero-order valence-corrected chi connectivity index (χ0v) is 14.9. The zero-order chi connectivity index (χ0) is 19.6. The third-order valence-corrected chi connectivity index (χ3v) is 4.45. The molecule has 1 aliphatic heterocycles. The molecule has 1 aliphatic carbocycles. The number of carbonyl (C=O) groups is 2. The van der Waals surface area contributed by atoms with Crippen LogP contribution >= 0.6 is 0 Å². The van der Waals surface area contributed by atoms with E-state index in [2.05, 4.69) is 10.7 Å². The summed E-state index contributed by atoms with van der Waals surface area (Å²) in [5.41, 5.74) is 3.82. The molecule has 27 heavy (non-hydrogen) atoms. The lowest BCUT2D eigenvalue weighted by Gasteiger charge is -2.31. The van der Waals surface area contributed by atoms with Crippen LogP contribution in [-0.2, 0) is 9.47 Å². The van der Waals surface area contributed by atoms with E-state index in [1.54, 1.807) is 26.0 Å². The van der Waals surface area contributed by atoms with Gasteiger partial charge in [-0.3, -0.25) is 10.1 Å². The summed E-state index contributed by atoms with van der Waals surface area (Å²) >= 11 is 0. The lowest BCUT2D eigenvalue weighted by atomic mass is 9.92. The van der Waals surface area contributed by atoms with E-state index in [9.17, 15) is 19.7 Å². The van der Waals surface area contributed by atoms with Crippen molar-refractivity contribution in [1.29, 1.82) is 0 Å². The lowest BCUT2D eigenvalue weighted by Crippen LogP contribution is -2.53. The number of anilines is 1. The summed E-state index contributed by atoms with van der Waals surface area (Å²) in [6.45, 7) is 3.58. The molecule has 0 unspecified atom stereocenters. The predicted molar refractivity (Wildman–Crippen MR) is 95.2 cm³/mol. The number of hydrogen-bond donors (Lipinski definition) is 2. The van der Waals surface area contributed by atoms with Crippen LogP contribution in [0.5, 0.6) is 0 Å². The Balaban J connectivity index is 1.92. The number of nitro groups is 1. The van der Waals surface area contributed by atoms with Crippen molar-refractivity contribution in [2.24, 2.45) is 0 Å². The lowest BCUT2D eigenvalue weighted by molar-refractivity contribution is -0.384. The number of ether oxygens (including phenoxy) is 2. The standard InChI is InChI=1S/C17H20N4O6/c1-3-26-16(22)19-20(17(23)27-4-2)14-8-7-13-15(14)11-9-10(21(24)25)5-6-12(11)18-13/h5-9,13-15,18H,3-4H2,1-2H3,(H,19,22)/t13-,14-,15-/m1/s1. The molecule has 144 valence electrons. The van der Waals surface area contributed by atoms with E-state index in [4.69, 9.17) is 9.47 Å². The van der Waals surface area contributed by atoms with Crippen molar-refractivity contribution in [3.63, 3.8) is 0 Å². The monoisotopic (exact) mass is 376 g/mol. The molecule has 2 amide bonds. The number of amides is 2. The van der Waals surface area contributed by atoms with Gasteiger partial charge in [-0.25, -0.2) is 20.0 Å². The van der Waals surface area contributed by atoms with Crippen LogP contribution in [0.25, 0.3) is 0 Å². The number of benzene rings is 1. The number of fused-ring (bicyclic) bond motifs is 3. The number of nitrogens with one attached hydrogen (secondary N) is 2. The molecule has 0 spiro atoms. The molecular formula is C17H20N4O6. The molecule has 0 aromatic heterocycles. The van der Waals surface area contributed by atoms with E-state index in [0.717, 1.165) is 10.7 Å². The van der Waals surface area contributed by atoms with Gasteiger partial charge in [0.05, 0.1) is 30.2 Å². The van der Waals surface area contributed by atoms with E-state index >= 15 is 0 Å². The van der Waals surface area contributed by atoms with Gasteiger partial charge >= 0.3 is 12.2 Å². The average molecular weight is 376 g/mol. The summed E-state index contributed by atoms with van der Waals surface area (Å²) in [4.78, 5) is 35.0. The Morgan fingerprint density at radius 2 is 2.00 bits per heavy atom. The fourth-order valence-corrected chi connectivity index (χ4v) is 3.39. The van der Waals surface area contributed by atoms with Gasteiger partial charge in [-0.15, -0.1) is 0 Å². The number of hydrogen-bond acceptors (Lipinski definition) is 7. The van der Waals surface area contributed by atoms with Gasteiger partial charge in [0.15, 0.2) is 0 Å². The van der Waals surface area contributed by atoms with E-state index in [0.29, 0.717) is 5.56 Å². The Bertz CT molecular complexity index is 796. The Labute approximate surface area is 155 Å². The normalized spacial score (nSPS) is 21.6. The number of hydrazine groups is 1. The third kappa shape index (κ3) is 3.50. The van der Waals surface area contributed by atoms with Gasteiger partial charge in [0.1, 0.15) is 0 Å². The Kier molecular flexibility index (Phi) is 5.15. The largest absolute Gasteiger partial charge is 0.449 e. The van der Waals surface area contributed by atoms with Gasteiger partial charge in [0, 0.05) is 23.7 Å². The maximum atomic E-state index is 12.4. The fraction of sp³-hybridized carbons (Fsp3) is 0.412. The first-order valence-corrected chi connectivity index (χ1v) is 8.58. The second kappa shape index (κ2) is 7.52. The molecule has 0 saturated carbocycles. The maximum absolute atomic E-state index is 12.4. The molecule has 10 nitrogen and oxygen atoms in total. The molecule has 10 heteroatoms. The SMILES string of the molecule is CCOC(=O)NN(C(=O)OCC)[C@@H]1C=C[C@H]2Nc3ccc([N+](=O)[O-])cc3[C@@H]12. The highest BCUT2D eigenvalue weighted by Crippen LogP contribution is 2.45. The van der Waals surface area contributed by atoms with Crippen LogP contribution in [0.2, 0.25) is 0 Å². The summed E-state index contributed by atoms with van der Waals surface area (Å²) in [6, 6.07) is 3.80. The van der Waals surface area contributed by atoms with Gasteiger partial charge in [-0.05, 0) is 25.5 Å². The molecule has 2 N–H and O–H groups in total. The quantitative estimate of drug-likeness (QED) is 0.470. The number of nitro benzene ring substituents is 1. The van der Waals surface area contributed by atoms with Crippen molar-refractivity contribution in [1.82, 2.24) is 10.4 Å². The van der Waals surface area contributed by atoms with Crippen LogP contribution < -0.4 is 10.7 Å². The first-order chi connectivity index (χ1) is 13.0. The molecule has 3 rings (SSSR count). The summed E-state index contributed by atoms with van der Waals surface area (Å²) < 4.78 is 9.91. The smallest absolute Gasteiger partial charge is 0.429 e. The Morgan fingerprint density at radius 1 is 1.26 bits per heavy atom. The molecule has 0 saturated heterocycles. The summed E-state index contributed by atoms with van der Waals surface area (Å²) in [5.74, 6) is -0.314. The highest BCUT2D eigenvalue weighted by atomic mass is 16.6. The molecule has 0 fully saturated rings. The van der Waals surface area contributed by atoms with Crippen LogP contribution in [0.3, 0.4) is 0 Å². The number of carbonyl (C=O) groups excluding carboxylic acids is 2. The highest BCUT2D eigenvalue weighted by Gasteiger charge is 2.45. The number of nitrogens with zero attached hydrogens (tertiary/aromatic N) is 2. The van der Waals surface area contributed by atoms with Crippen LogP contribution in [0.15, 0.2) is 30.4 Å². The van der Waals surface area contributed by atoms with Crippen molar-refractivity contribution in [3.05, 3.63) is 46.0 Å². The first-order valence-electron chi connectivity index (χ1n) is 8.58. The van der Waals surface area contributed by atoms with E-state index in [1.165, 1.54) is 12.1 Å². The first kappa shape index (κ1) is 18.5. The van der Waals surface area contributed by atoms with Crippen molar-refractivity contribution in [2.75, 3.05) is 18.5 Å². The molecule has 1 aromatic rings. The van der Waals surface area contributed by atoms with Crippen LogP contribution in [0.1, 0.15) is 25.3 Å². The van der Waals surface area contributed by atoms with E-state index < -0.39 is 23.2 Å². The molecule has 0 bridgehead atoms. The third-order valence-electron chi connectivity index (χ3n) is 4.45. The molecule has 3 atom stereocenters. The number of non-ortho nitro benzene ring substituents is 1. The van der Waals surface area contributed by atoms with Crippen LogP contribution in [-0.4, -0.2) is 47.4 Å². The van der Waals surface area contributed by atoms with Crippen molar-refractivity contribution in [2.45, 2.75) is 31.8 Å². The van der Waals surface area contributed by atoms with Gasteiger partial charge in [0.2, 0.25) is 0 Å². The summed E-state index contributed by atoms with van der Waals surface area (Å²) in [7, 11) is 0. The van der Waals surface area contributed by atoms with Gasteiger partial charge in [0.25, 0.3) is 5.69 Å². The molecule has 2 aliphatic rings. The molecule has 1 heterocycles. The van der Waals surface area contributed by atoms with Crippen molar-refractivity contribution in [3.8, 4) is 0 Å². The minimum Gasteiger partial charge on any atom is -0.449 e. The van der Waals surface area contributed by atoms with Gasteiger partial charge < -0.3 is 14.8 Å². The zero-order valence-electron chi connectivity index (χ0n) is 14.9. The summed E-state index contributed by atoms with van der Waals surface area (Å²) in [6.07, 6.45) is 2.10. The Hall–Kier alpha value is -3.30. The van der Waals surface area contributed by atoms with Crippen LogP contribution in [0, 0.1) is 10.1 Å². The van der Waals surface area contributed by atoms with Gasteiger partial charge in [-0.2, -0.15) is 0 Å². The Morgan fingerprint density at radius 3 is 2.67 bits per heavy atom. The minimum atomic E-state index is -0.785. The van der Waals surface area contributed by atoms with Crippen molar-refractivity contribution < 1.29 is 24.0 Å². The number of rotatable bonds is 4. The maximum Gasteiger partial charge on any atom is 0.429 e. The second-order valence-corrected chi connectivity index (χ2v) is 6.00. The topological polar surface area (TPSA) is 123 Å². The predicted octanol–water partition coefficient (Wildman–Crippen LogP) is 2.53. The van der Waals surface area contributed by atoms with Crippen molar-refractivity contribution >= 4 is 23.6 Å². The van der Waals surface area contributed by atoms with E-state index in [1.807, 2.05) is 6.08 Å². The van der Waals surface area contributed by atoms with E-state index in [-0.39, 0.29) is 30.9 Å². The molecule has 0 radical (unpaired) electrons. The highest BCUT2D eigenvalue weighted by molar-refractivity contribution is 5.75. The van der Waals surface area contributed by atoms with Gasteiger partial charge in [-0.1, -0.05) is 12.2 Å². The molecular weight excluding hydrogens is 356 g/mol. The minimum absolute atomic E-state index is 0.0390. The second-order valence-electron chi connectivity index (χ2n) is 6.00. The van der Waals surface area contributed by atoms with Crippen LogP contribution in [0.4, 0.5) is 21.0 Å².